The zero-order valence-electron chi connectivity index (χ0n) is 3.50. The Hall–Kier alpha value is -0.410. The summed E-state index contributed by atoms with van der Waals surface area (Å²) in [5.74, 6) is 0. The minimum atomic E-state index is -0.866. The Morgan fingerprint density at radius 2 is 2.57 bits per heavy atom. The molecule has 0 aliphatic carbocycles. The zero-order chi connectivity index (χ0) is 5.28. The van der Waals surface area contributed by atoms with Crippen molar-refractivity contribution >= 4 is 17.1 Å². The molecule has 1 unspecified atom stereocenters. The second-order valence-electron chi connectivity index (χ2n) is 1.19. The van der Waals surface area contributed by atoms with Crippen LogP contribution in [0.2, 0.25) is 0 Å². The monoisotopic (exact) mass is 116 g/mol. The van der Waals surface area contributed by atoms with E-state index in [1.807, 2.05) is 0 Å². The molecule has 1 atom stereocenters. The second-order valence-corrected chi connectivity index (χ2v) is 1.66. The molecule has 0 fully saturated rings. The molecule has 2 nitrogen and oxygen atoms in total. The van der Waals surface area contributed by atoms with E-state index < -0.39 is 6.29 Å². The average molecular weight is 116 g/mol. The maximum Gasteiger partial charge on any atom is 0.233 e. The molecule has 1 aliphatic heterocycles. The Labute approximate surface area is 46.4 Å². The number of hydrogen-bond acceptors (Lipinski definition) is 3. The number of aliphatic hydroxyl groups is 1. The molecule has 7 heavy (non-hydrogen) atoms. The van der Waals surface area contributed by atoms with Gasteiger partial charge < -0.3 is 9.84 Å². The summed E-state index contributed by atoms with van der Waals surface area (Å²) in [5.41, 5.74) is 0. The third-order valence-corrected chi connectivity index (χ3v) is 1.02. The fourth-order valence-electron chi connectivity index (χ4n) is 0.330. The molecule has 0 spiro atoms. The van der Waals surface area contributed by atoms with Crippen molar-refractivity contribution in [2.45, 2.75) is 6.29 Å². The third kappa shape index (κ3) is 0.783. The number of rotatable bonds is 0. The molecule has 3 heteroatoms. The van der Waals surface area contributed by atoms with Gasteiger partial charge in [0.15, 0.2) is 0 Å². The highest BCUT2D eigenvalue weighted by atomic mass is 32.1. The highest BCUT2D eigenvalue weighted by Gasteiger charge is 2.11. The second kappa shape index (κ2) is 1.60. The van der Waals surface area contributed by atoms with Crippen LogP contribution in [0.25, 0.3) is 0 Å². The molecule has 0 saturated carbocycles. The van der Waals surface area contributed by atoms with E-state index in [1.54, 1.807) is 6.08 Å². The molecule has 0 radical (unpaired) electrons. The van der Waals surface area contributed by atoms with Crippen molar-refractivity contribution in [3.63, 3.8) is 0 Å². The van der Waals surface area contributed by atoms with Crippen LogP contribution in [0.3, 0.4) is 0 Å². The Bertz CT molecular complexity index is 119. The van der Waals surface area contributed by atoms with Gasteiger partial charge >= 0.3 is 0 Å². The summed E-state index contributed by atoms with van der Waals surface area (Å²) in [4.78, 5) is 0.444. The molecule has 0 amide bonds. The molecular weight excluding hydrogens is 112 g/mol. The first-order valence-corrected chi connectivity index (χ1v) is 2.25. The molecule has 1 rings (SSSR count). The minimum Gasteiger partial charge on any atom is -0.467 e. The van der Waals surface area contributed by atoms with E-state index in [0.29, 0.717) is 4.86 Å². The maximum atomic E-state index is 8.57. The summed E-state index contributed by atoms with van der Waals surface area (Å²) in [6.45, 7) is 0. The molecule has 1 heterocycles. The molecule has 1 N–H and O–H groups in total. The smallest absolute Gasteiger partial charge is 0.233 e. The zero-order valence-corrected chi connectivity index (χ0v) is 4.31. The Morgan fingerprint density at radius 3 is 2.71 bits per heavy atom. The fraction of sp³-hybridized carbons (Fsp3) is 0.250. The van der Waals surface area contributed by atoms with E-state index in [2.05, 4.69) is 17.0 Å². The lowest BCUT2D eigenvalue weighted by Gasteiger charge is -1.97. The predicted octanol–water partition coefficient (Wildman–Crippen LogP) is 0.219. The van der Waals surface area contributed by atoms with Gasteiger partial charge in [-0.2, -0.15) is 0 Å². The molecule has 0 bridgehead atoms. The van der Waals surface area contributed by atoms with Gasteiger partial charge in [0.25, 0.3) is 0 Å². The summed E-state index contributed by atoms with van der Waals surface area (Å²) in [6, 6.07) is 0. The molecule has 0 aromatic heterocycles. The third-order valence-electron chi connectivity index (χ3n) is 0.683. The lowest BCUT2D eigenvalue weighted by molar-refractivity contribution is 0.0160. The first kappa shape index (κ1) is 4.74. The molecule has 38 valence electrons. The van der Waals surface area contributed by atoms with E-state index in [-0.39, 0.29) is 0 Å². The number of thiocarbonyl (C=S) groups is 1. The quantitative estimate of drug-likeness (QED) is 0.459. The van der Waals surface area contributed by atoms with Crippen molar-refractivity contribution in [1.29, 1.82) is 0 Å². The van der Waals surface area contributed by atoms with E-state index in [0.717, 1.165) is 0 Å². The maximum absolute atomic E-state index is 8.57. The molecule has 0 aromatic carbocycles. The minimum absolute atomic E-state index is 0.444. The van der Waals surface area contributed by atoms with Crippen molar-refractivity contribution in [2.24, 2.45) is 0 Å². The van der Waals surface area contributed by atoms with Gasteiger partial charge in [-0.3, -0.25) is 0 Å². The number of hydrogen-bond donors (Lipinski definition) is 1. The molecule has 1 aliphatic rings. The number of aliphatic hydroxyl groups excluding tert-OH is 1. The van der Waals surface area contributed by atoms with E-state index in [4.69, 9.17) is 5.11 Å². The summed E-state index contributed by atoms with van der Waals surface area (Å²) in [5, 5.41) is 8.57. The van der Waals surface area contributed by atoms with Crippen LogP contribution in [0.15, 0.2) is 12.3 Å². The largest absolute Gasteiger partial charge is 0.467 e. The average Bonchev–Trinajstić information content (AvgIpc) is 1.91. The molecular formula is C4H4O2S. The molecule has 0 aromatic rings. The van der Waals surface area contributed by atoms with Gasteiger partial charge in [0.2, 0.25) is 6.29 Å². The van der Waals surface area contributed by atoms with Crippen molar-refractivity contribution in [3.8, 4) is 0 Å². The van der Waals surface area contributed by atoms with Gasteiger partial charge in [0.05, 0.1) is 11.1 Å². The van der Waals surface area contributed by atoms with Crippen LogP contribution < -0.4 is 0 Å². The topological polar surface area (TPSA) is 29.5 Å². The predicted molar refractivity (Wildman–Crippen MR) is 28.8 cm³/mol. The lowest BCUT2D eigenvalue weighted by atomic mass is 10.4. The highest BCUT2D eigenvalue weighted by Crippen LogP contribution is 2.01. The van der Waals surface area contributed by atoms with E-state index in [1.165, 1.54) is 6.26 Å². The summed E-state index contributed by atoms with van der Waals surface area (Å²) in [6.07, 6.45) is 2.07. The molecule has 0 saturated heterocycles. The van der Waals surface area contributed by atoms with Crippen LogP contribution in [0, 0.1) is 0 Å². The van der Waals surface area contributed by atoms with Crippen LogP contribution in [0.5, 0.6) is 0 Å². The fourth-order valence-corrected chi connectivity index (χ4v) is 0.441. The first-order chi connectivity index (χ1) is 3.30. The van der Waals surface area contributed by atoms with Crippen molar-refractivity contribution < 1.29 is 9.84 Å². The summed E-state index contributed by atoms with van der Waals surface area (Å²) in [7, 11) is 0. The van der Waals surface area contributed by atoms with Crippen LogP contribution >= 0.6 is 12.2 Å². The van der Waals surface area contributed by atoms with Gasteiger partial charge in [-0.25, -0.2) is 0 Å². The van der Waals surface area contributed by atoms with Crippen LogP contribution in [0.1, 0.15) is 0 Å². The summed E-state index contributed by atoms with van der Waals surface area (Å²) < 4.78 is 4.50. The highest BCUT2D eigenvalue weighted by molar-refractivity contribution is 7.80. The van der Waals surface area contributed by atoms with Gasteiger partial charge in [-0.1, -0.05) is 12.2 Å². The Morgan fingerprint density at radius 1 is 1.86 bits per heavy atom. The van der Waals surface area contributed by atoms with Gasteiger partial charge in [0, 0.05) is 0 Å². The van der Waals surface area contributed by atoms with Crippen molar-refractivity contribution in [1.82, 2.24) is 0 Å². The SMILES string of the molecule is OC1OC=CC1=S. The number of ether oxygens (including phenoxy) is 1. The van der Waals surface area contributed by atoms with Crippen LogP contribution in [-0.4, -0.2) is 16.3 Å². The Balaban J connectivity index is 2.62. The van der Waals surface area contributed by atoms with E-state index >= 15 is 0 Å². The van der Waals surface area contributed by atoms with Crippen LogP contribution in [-0.2, 0) is 4.74 Å². The van der Waals surface area contributed by atoms with Gasteiger partial charge in [0.1, 0.15) is 0 Å². The van der Waals surface area contributed by atoms with E-state index in [9.17, 15) is 0 Å². The standard InChI is InChI=1S/C4H4O2S/c5-4-3(7)1-2-6-4/h1-2,4-5H. The summed E-state index contributed by atoms with van der Waals surface area (Å²) >= 11 is 4.58. The lowest BCUT2D eigenvalue weighted by Crippen LogP contribution is -2.11. The first-order valence-electron chi connectivity index (χ1n) is 1.84. The van der Waals surface area contributed by atoms with Crippen molar-refractivity contribution in [3.05, 3.63) is 12.3 Å². The van der Waals surface area contributed by atoms with Gasteiger partial charge in [-0.15, -0.1) is 0 Å². The normalized spacial score (nSPS) is 28.1. The Kier molecular flexibility index (Phi) is 1.08. The van der Waals surface area contributed by atoms with Gasteiger partial charge in [-0.05, 0) is 6.08 Å². The van der Waals surface area contributed by atoms with Crippen LogP contribution in [0.4, 0.5) is 0 Å². The van der Waals surface area contributed by atoms with Crippen molar-refractivity contribution in [2.75, 3.05) is 0 Å².